The highest BCUT2D eigenvalue weighted by Crippen LogP contribution is 2.37. The predicted molar refractivity (Wildman–Crippen MR) is 50.2 cm³/mol. The molecule has 2 fully saturated rings. The van der Waals surface area contributed by atoms with Crippen molar-refractivity contribution >= 4 is 9.84 Å². The second-order valence-corrected chi connectivity index (χ2v) is 6.73. The van der Waals surface area contributed by atoms with Crippen molar-refractivity contribution in [3.63, 3.8) is 0 Å². The highest BCUT2D eigenvalue weighted by Gasteiger charge is 2.41. The lowest BCUT2D eigenvalue weighted by Gasteiger charge is -2.19. The molecular weight excluding hydrogens is 188 g/mol. The fourth-order valence-electron chi connectivity index (χ4n) is 1.98. The Balaban J connectivity index is 1.89. The van der Waals surface area contributed by atoms with Crippen LogP contribution in [0.4, 0.5) is 0 Å². The molecule has 0 aromatic rings. The highest BCUT2D eigenvalue weighted by molar-refractivity contribution is 7.91. The molecule has 0 spiro atoms. The molecular formula is C9H16O3S. The van der Waals surface area contributed by atoms with Crippen LogP contribution in [0.1, 0.15) is 32.1 Å². The first-order valence-corrected chi connectivity index (χ1v) is 6.74. The normalized spacial score (nSPS) is 37.9. The third kappa shape index (κ3) is 2.44. The van der Waals surface area contributed by atoms with Crippen LogP contribution in [0.15, 0.2) is 0 Å². The Hall–Kier alpha value is -0.0900. The van der Waals surface area contributed by atoms with Gasteiger partial charge in [0.2, 0.25) is 0 Å². The molecule has 0 amide bonds. The van der Waals surface area contributed by atoms with Gasteiger partial charge in [-0.3, -0.25) is 0 Å². The standard InChI is InChI=1S/C9H16O3S/c10-9(4-3-8-1-2-8)5-6-13(11,12)7-9/h8,10H,1-7H2. The molecule has 1 N–H and O–H groups in total. The Morgan fingerprint density at radius 2 is 2.08 bits per heavy atom. The van der Waals surface area contributed by atoms with Gasteiger partial charge in [-0.05, 0) is 25.2 Å². The molecule has 1 saturated heterocycles. The summed E-state index contributed by atoms with van der Waals surface area (Å²) in [5, 5.41) is 9.92. The average molecular weight is 204 g/mol. The molecule has 4 heteroatoms. The van der Waals surface area contributed by atoms with Gasteiger partial charge in [-0.1, -0.05) is 12.8 Å². The molecule has 0 aromatic heterocycles. The first kappa shape index (κ1) is 9.46. The van der Waals surface area contributed by atoms with Gasteiger partial charge in [-0.25, -0.2) is 8.42 Å². The van der Waals surface area contributed by atoms with Crippen LogP contribution in [0.3, 0.4) is 0 Å². The van der Waals surface area contributed by atoms with Crippen LogP contribution >= 0.6 is 0 Å². The Morgan fingerprint density at radius 3 is 2.54 bits per heavy atom. The van der Waals surface area contributed by atoms with Crippen LogP contribution in [0.25, 0.3) is 0 Å². The Bertz CT molecular complexity index is 292. The van der Waals surface area contributed by atoms with E-state index in [-0.39, 0.29) is 11.5 Å². The second kappa shape index (κ2) is 2.95. The molecule has 0 bridgehead atoms. The van der Waals surface area contributed by atoms with Gasteiger partial charge in [0.1, 0.15) is 0 Å². The molecule has 1 aliphatic carbocycles. The van der Waals surface area contributed by atoms with Crippen molar-refractivity contribution in [3.05, 3.63) is 0 Å². The van der Waals surface area contributed by atoms with E-state index in [2.05, 4.69) is 0 Å². The minimum atomic E-state index is -2.93. The van der Waals surface area contributed by atoms with Crippen LogP contribution in [-0.4, -0.2) is 30.6 Å². The summed E-state index contributed by atoms with van der Waals surface area (Å²) in [7, 11) is -2.93. The molecule has 1 saturated carbocycles. The molecule has 76 valence electrons. The molecule has 0 aromatic carbocycles. The van der Waals surface area contributed by atoms with E-state index < -0.39 is 15.4 Å². The first-order valence-electron chi connectivity index (χ1n) is 4.92. The summed E-state index contributed by atoms with van der Waals surface area (Å²) in [6.07, 6.45) is 4.66. The summed E-state index contributed by atoms with van der Waals surface area (Å²) in [5.41, 5.74) is -0.887. The van der Waals surface area contributed by atoms with E-state index in [0.29, 0.717) is 12.8 Å². The minimum absolute atomic E-state index is 0.00722. The Kier molecular flexibility index (Phi) is 2.15. The van der Waals surface area contributed by atoms with E-state index >= 15 is 0 Å². The number of hydrogen-bond donors (Lipinski definition) is 1. The van der Waals surface area contributed by atoms with E-state index in [1.165, 1.54) is 12.8 Å². The predicted octanol–water partition coefficient (Wildman–Crippen LogP) is 0.726. The number of hydrogen-bond acceptors (Lipinski definition) is 3. The SMILES string of the molecule is O=S1(=O)CCC(O)(CCC2CC2)C1. The van der Waals surface area contributed by atoms with Crippen molar-refractivity contribution in [1.29, 1.82) is 0 Å². The molecule has 1 atom stereocenters. The van der Waals surface area contributed by atoms with Crippen LogP contribution < -0.4 is 0 Å². The van der Waals surface area contributed by atoms with E-state index in [4.69, 9.17) is 0 Å². The van der Waals surface area contributed by atoms with Gasteiger partial charge in [0, 0.05) is 0 Å². The number of sulfone groups is 1. The summed E-state index contributed by atoms with van der Waals surface area (Å²) in [6, 6.07) is 0. The maximum Gasteiger partial charge on any atom is 0.153 e. The maximum absolute atomic E-state index is 11.1. The molecule has 1 aliphatic heterocycles. The summed E-state index contributed by atoms with van der Waals surface area (Å²) in [4.78, 5) is 0. The van der Waals surface area contributed by atoms with Crippen molar-refractivity contribution in [2.45, 2.75) is 37.7 Å². The van der Waals surface area contributed by atoms with Crippen LogP contribution in [0, 0.1) is 5.92 Å². The van der Waals surface area contributed by atoms with Gasteiger partial charge in [-0.15, -0.1) is 0 Å². The lowest BCUT2D eigenvalue weighted by molar-refractivity contribution is 0.0548. The molecule has 1 unspecified atom stereocenters. The van der Waals surface area contributed by atoms with Gasteiger partial charge in [0.05, 0.1) is 17.1 Å². The molecule has 2 aliphatic rings. The first-order chi connectivity index (χ1) is 5.99. The van der Waals surface area contributed by atoms with Crippen LogP contribution in [0.2, 0.25) is 0 Å². The maximum atomic E-state index is 11.1. The van der Waals surface area contributed by atoms with Gasteiger partial charge < -0.3 is 5.11 Å². The largest absolute Gasteiger partial charge is 0.389 e. The zero-order chi connectivity index (χ0) is 9.53. The molecule has 0 radical (unpaired) electrons. The molecule has 13 heavy (non-hydrogen) atoms. The van der Waals surface area contributed by atoms with Gasteiger partial charge in [-0.2, -0.15) is 0 Å². The van der Waals surface area contributed by atoms with E-state index in [1.54, 1.807) is 0 Å². The van der Waals surface area contributed by atoms with Gasteiger partial charge >= 0.3 is 0 Å². The third-order valence-corrected chi connectivity index (χ3v) is 4.89. The van der Waals surface area contributed by atoms with Crippen molar-refractivity contribution < 1.29 is 13.5 Å². The highest BCUT2D eigenvalue weighted by atomic mass is 32.2. The van der Waals surface area contributed by atoms with Crippen LogP contribution in [-0.2, 0) is 9.84 Å². The minimum Gasteiger partial charge on any atom is -0.389 e. The van der Waals surface area contributed by atoms with Crippen molar-refractivity contribution in [3.8, 4) is 0 Å². The smallest absolute Gasteiger partial charge is 0.153 e. The zero-order valence-corrected chi connectivity index (χ0v) is 8.52. The molecule has 1 heterocycles. The van der Waals surface area contributed by atoms with Crippen molar-refractivity contribution in [1.82, 2.24) is 0 Å². The number of rotatable bonds is 3. The summed E-state index contributed by atoms with van der Waals surface area (Å²) < 4.78 is 22.3. The lowest BCUT2D eigenvalue weighted by Crippen LogP contribution is -2.29. The van der Waals surface area contributed by atoms with Gasteiger partial charge in [0.25, 0.3) is 0 Å². The number of aliphatic hydroxyl groups is 1. The second-order valence-electron chi connectivity index (χ2n) is 4.55. The average Bonchev–Trinajstić information content (AvgIpc) is 2.77. The monoisotopic (exact) mass is 204 g/mol. The molecule has 2 rings (SSSR count). The Labute approximate surface area is 79.1 Å². The summed E-state index contributed by atoms with van der Waals surface area (Å²) in [5.74, 6) is 0.938. The summed E-state index contributed by atoms with van der Waals surface area (Å²) in [6.45, 7) is 0. The third-order valence-electron chi connectivity index (χ3n) is 3.08. The lowest BCUT2D eigenvalue weighted by atomic mass is 9.96. The quantitative estimate of drug-likeness (QED) is 0.737. The van der Waals surface area contributed by atoms with Crippen LogP contribution in [0.5, 0.6) is 0 Å². The fraction of sp³-hybridized carbons (Fsp3) is 1.00. The zero-order valence-electron chi connectivity index (χ0n) is 7.70. The fourth-order valence-corrected chi connectivity index (χ4v) is 3.92. The van der Waals surface area contributed by atoms with Crippen molar-refractivity contribution in [2.24, 2.45) is 5.92 Å². The van der Waals surface area contributed by atoms with E-state index in [1.807, 2.05) is 0 Å². The van der Waals surface area contributed by atoms with Crippen molar-refractivity contribution in [2.75, 3.05) is 11.5 Å². The van der Waals surface area contributed by atoms with Gasteiger partial charge in [0.15, 0.2) is 9.84 Å². The molecule has 3 nitrogen and oxygen atoms in total. The Morgan fingerprint density at radius 1 is 1.38 bits per heavy atom. The van der Waals surface area contributed by atoms with E-state index in [0.717, 1.165) is 12.3 Å². The van der Waals surface area contributed by atoms with E-state index in [9.17, 15) is 13.5 Å². The summed E-state index contributed by atoms with van der Waals surface area (Å²) >= 11 is 0. The topological polar surface area (TPSA) is 54.4 Å².